The van der Waals surface area contributed by atoms with E-state index in [2.05, 4.69) is 22.5 Å². The van der Waals surface area contributed by atoms with Gasteiger partial charge in [-0.1, -0.05) is 30.3 Å². The molecule has 1 N–H and O–H groups in total. The quantitative estimate of drug-likeness (QED) is 0.525. The number of hydrogen-bond acceptors (Lipinski definition) is 3. The van der Waals surface area contributed by atoms with Crippen LogP contribution in [-0.2, 0) is 13.6 Å². The second kappa shape index (κ2) is 8.47. The van der Waals surface area contributed by atoms with Crippen molar-refractivity contribution in [1.82, 2.24) is 24.2 Å². The van der Waals surface area contributed by atoms with Crippen LogP contribution in [0.2, 0.25) is 0 Å². The number of aryl methyl sites for hydroxylation is 1. The molecular weight excluding hydrogens is 390 g/mol. The summed E-state index contributed by atoms with van der Waals surface area (Å²) in [5, 5.41) is 7.38. The van der Waals surface area contributed by atoms with Gasteiger partial charge in [0.05, 0.1) is 24.0 Å². The Kier molecular flexibility index (Phi) is 5.58. The number of hydrogen-bond donors (Lipinski definition) is 1. The number of rotatable bonds is 6. The fourth-order valence-corrected chi connectivity index (χ4v) is 3.44. The van der Waals surface area contributed by atoms with E-state index in [1.165, 1.54) is 0 Å². The molecule has 4 rings (SSSR count). The maximum absolute atomic E-state index is 12.4. The summed E-state index contributed by atoms with van der Waals surface area (Å²) < 4.78 is 5.22. The lowest BCUT2D eigenvalue weighted by Gasteiger charge is -2.11. The monoisotopic (exact) mass is 415 g/mol. The van der Waals surface area contributed by atoms with Gasteiger partial charge in [0.15, 0.2) is 0 Å². The largest absolute Gasteiger partial charge is 0.350 e. The molecule has 0 radical (unpaired) electrons. The van der Waals surface area contributed by atoms with Gasteiger partial charge in [0, 0.05) is 55.1 Å². The van der Waals surface area contributed by atoms with E-state index in [9.17, 15) is 9.59 Å². The number of nitrogens with one attached hydrogen (secondary N) is 1. The summed E-state index contributed by atoms with van der Waals surface area (Å²) in [6, 6.07) is 13.5. The van der Waals surface area contributed by atoms with E-state index in [4.69, 9.17) is 0 Å². The van der Waals surface area contributed by atoms with Crippen molar-refractivity contribution in [3.8, 4) is 16.8 Å². The lowest BCUT2D eigenvalue weighted by molar-refractivity contribution is 0.0943. The third kappa shape index (κ3) is 4.50. The molecule has 0 atom stereocenters. The van der Waals surface area contributed by atoms with Crippen molar-refractivity contribution in [2.24, 2.45) is 7.05 Å². The summed E-state index contributed by atoms with van der Waals surface area (Å²) in [4.78, 5) is 24.7. The van der Waals surface area contributed by atoms with Gasteiger partial charge in [-0.25, -0.2) is 0 Å². The second-order valence-electron chi connectivity index (χ2n) is 7.87. The Morgan fingerprint density at radius 3 is 2.61 bits per heavy atom. The smallest absolute Gasteiger partial charge is 0.253 e. The van der Waals surface area contributed by atoms with Crippen LogP contribution in [0.25, 0.3) is 16.8 Å². The molecule has 0 bridgehead atoms. The first-order valence-corrected chi connectivity index (χ1v) is 10.2. The van der Waals surface area contributed by atoms with Crippen molar-refractivity contribution in [3.05, 3.63) is 94.9 Å². The average Bonchev–Trinajstić information content (AvgIpc) is 3.40. The summed E-state index contributed by atoms with van der Waals surface area (Å²) in [7, 11) is 1.72. The second-order valence-corrected chi connectivity index (χ2v) is 7.87. The molecule has 0 spiro atoms. The normalized spacial score (nSPS) is 11.1. The summed E-state index contributed by atoms with van der Waals surface area (Å²) in [5.41, 5.74) is 4.02. The number of aromatic nitrogens is 4. The standard InChI is InChI=1S/C24H25N5O2/c1-17(2)26-24(31)19-9-10-28(14-19)22-11-23(30)27(3)16-21(22)20-12-25-29(15-20)13-18-7-5-4-6-8-18/h4-12,14-17H,13H2,1-3H3,(H,26,31). The van der Waals surface area contributed by atoms with Gasteiger partial charge in [-0.2, -0.15) is 5.10 Å². The Labute approximate surface area is 180 Å². The molecule has 0 aliphatic heterocycles. The first-order chi connectivity index (χ1) is 14.9. The fourth-order valence-electron chi connectivity index (χ4n) is 3.44. The number of benzene rings is 1. The molecule has 0 unspecified atom stereocenters. The first-order valence-electron chi connectivity index (χ1n) is 10.2. The Hall–Kier alpha value is -3.87. The predicted molar refractivity (Wildman–Crippen MR) is 120 cm³/mol. The van der Waals surface area contributed by atoms with Crippen LogP contribution in [0.1, 0.15) is 29.8 Å². The highest BCUT2D eigenvalue weighted by molar-refractivity contribution is 5.94. The van der Waals surface area contributed by atoms with Crippen LogP contribution in [0.15, 0.2) is 78.2 Å². The minimum atomic E-state index is -0.144. The minimum Gasteiger partial charge on any atom is -0.350 e. The summed E-state index contributed by atoms with van der Waals surface area (Å²) >= 11 is 0. The van der Waals surface area contributed by atoms with Gasteiger partial charge in [0.1, 0.15) is 0 Å². The van der Waals surface area contributed by atoms with E-state index in [0.29, 0.717) is 17.8 Å². The molecule has 0 aliphatic rings. The lowest BCUT2D eigenvalue weighted by Crippen LogP contribution is -2.29. The number of carbonyl (C=O) groups is 1. The Morgan fingerprint density at radius 1 is 1.10 bits per heavy atom. The Morgan fingerprint density at radius 2 is 1.87 bits per heavy atom. The molecule has 0 saturated heterocycles. The van der Waals surface area contributed by atoms with Gasteiger partial charge in [-0.05, 0) is 25.5 Å². The summed E-state index contributed by atoms with van der Waals surface area (Å²) in [5.74, 6) is -0.144. The van der Waals surface area contributed by atoms with Crippen LogP contribution >= 0.6 is 0 Å². The maximum Gasteiger partial charge on any atom is 0.253 e. The van der Waals surface area contributed by atoms with Crippen LogP contribution < -0.4 is 10.9 Å². The van der Waals surface area contributed by atoms with Crippen molar-refractivity contribution in [3.63, 3.8) is 0 Å². The summed E-state index contributed by atoms with van der Waals surface area (Å²) in [6.07, 6.45) is 9.09. The molecule has 1 amide bonds. The first kappa shape index (κ1) is 20.4. The highest BCUT2D eigenvalue weighted by atomic mass is 16.1. The topological polar surface area (TPSA) is 73.8 Å². The highest BCUT2D eigenvalue weighted by Crippen LogP contribution is 2.26. The van der Waals surface area contributed by atoms with Gasteiger partial charge < -0.3 is 14.5 Å². The van der Waals surface area contributed by atoms with E-state index < -0.39 is 0 Å². The van der Waals surface area contributed by atoms with Gasteiger partial charge in [0.2, 0.25) is 0 Å². The molecule has 0 saturated carbocycles. The molecule has 1 aromatic carbocycles. The van der Waals surface area contributed by atoms with E-state index in [0.717, 1.165) is 16.7 Å². The third-order valence-electron chi connectivity index (χ3n) is 4.99. The maximum atomic E-state index is 12.4. The zero-order valence-electron chi connectivity index (χ0n) is 17.8. The van der Waals surface area contributed by atoms with Gasteiger partial charge in [-0.15, -0.1) is 0 Å². The molecule has 158 valence electrons. The van der Waals surface area contributed by atoms with Crippen molar-refractivity contribution in [1.29, 1.82) is 0 Å². The number of pyridine rings is 1. The van der Waals surface area contributed by atoms with Crippen molar-refractivity contribution >= 4 is 5.91 Å². The number of amides is 1. The lowest BCUT2D eigenvalue weighted by atomic mass is 10.1. The van der Waals surface area contributed by atoms with E-state index in [-0.39, 0.29) is 17.5 Å². The average molecular weight is 415 g/mol. The molecule has 7 nitrogen and oxygen atoms in total. The van der Waals surface area contributed by atoms with E-state index in [1.807, 2.05) is 42.9 Å². The van der Waals surface area contributed by atoms with Crippen LogP contribution in [0.3, 0.4) is 0 Å². The Bertz CT molecular complexity index is 1260. The molecular formula is C24H25N5O2. The molecule has 3 aromatic heterocycles. The molecule has 4 aromatic rings. The molecule has 0 aliphatic carbocycles. The van der Waals surface area contributed by atoms with Crippen molar-refractivity contribution < 1.29 is 4.79 Å². The summed E-state index contributed by atoms with van der Waals surface area (Å²) in [6.45, 7) is 4.49. The van der Waals surface area contributed by atoms with Crippen LogP contribution in [0.4, 0.5) is 0 Å². The fraction of sp³-hybridized carbons (Fsp3) is 0.208. The van der Waals surface area contributed by atoms with Gasteiger partial charge in [0.25, 0.3) is 11.5 Å². The number of carbonyl (C=O) groups excluding carboxylic acids is 1. The van der Waals surface area contributed by atoms with Crippen molar-refractivity contribution in [2.45, 2.75) is 26.4 Å². The minimum absolute atomic E-state index is 0.0471. The molecule has 31 heavy (non-hydrogen) atoms. The van der Waals surface area contributed by atoms with Crippen LogP contribution in [0.5, 0.6) is 0 Å². The van der Waals surface area contributed by atoms with Crippen LogP contribution in [0, 0.1) is 0 Å². The number of nitrogens with zero attached hydrogens (tertiary/aromatic N) is 4. The Balaban J connectivity index is 1.70. The van der Waals surface area contributed by atoms with Crippen LogP contribution in [-0.4, -0.2) is 30.9 Å². The molecule has 3 heterocycles. The SMILES string of the molecule is CC(C)NC(=O)c1ccn(-c2cc(=O)n(C)cc2-c2cnn(Cc3ccccc3)c2)c1. The predicted octanol–water partition coefficient (Wildman–Crippen LogP) is 3.23. The highest BCUT2D eigenvalue weighted by Gasteiger charge is 2.15. The zero-order valence-corrected chi connectivity index (χ0v) is 17.8. The van der Waals surface area contributed by atoms with E-state index in [1.54, 1.807) is 53.1 Å². The van der Waals surface area contributed by atoms with Gasteiger partial charge in [-0.3, -0.25) is 14.3 Å². The molecule has 0 fully saturated rings. The third-order valence-corrected chi connectivity index (χ3v) is 4.99. The van der Waals surface area contributed by atoms with Crippen molar-refractivity contribution in [2.75, 3.05) is 0 Å². The zero-order chi connectivity index (χ0) is 22.0. The molecule has 7 heteroatoms. The van der Waals surface area contributed by atoms with Gasteiger partial charge >= 0.3 is 0 Å². The van der Waals surface area contributed by atoms with E-state index >= 15 is 0 Å².